The summed E-state index contributed by atoms with van der Waals surface area (Å²) in [6.45, 7) is 6.41. The van der Waals surface area contributed by atoms with Crippen LogP contribution in [0.4, 0.5) is 0 Å². The number of nitrogens with one attached hydrogen (secondary N) is 1. The number of carbonyl (C=O) groups excluding carboxylic acids is 1. The predicted octanol–water partition coefficient (Wildman–Crippen LogP) is 1.05. The van der Waals surface area contributed by atoms with Gasteiger partial charge in [-0.25, -0.2) is 0 Å². The SMILES string of the molecule is CCNC(=O)C1CCC2OC(C)(C)OC21. The van der Waals surface area contributed by atoms with Gasteiger partial charge >= 0.3 is 0 Å². The summed E-state index contributed by atoms with van der Waals surface area (Å²) in [7, 11) is 0. The predicted molar refractivity (Wildman–Crippen MR) is 55.2 cm³/mol. The Morgan fingerprint density at radius 2 is 2.13 bits per heavy atom. The number of hydrogen-bond acceptors (Lipinski definition) is 3. The monoisotopic (exact) mass is 213 g/mol. The second kappa shape index (κ2) is 3.76. The molecule has 1 saturated carbocycles. The lowest BCUT2D eigenvalue weighted by Crippen LogP contribution is -2.37. The van der Waals surface area contributed by atoms with Crippen molar-refractivity contribution in [2.24, 2.45) is 5.92 Å². The molecular formula is C11H19NO3. The number of amides is 1. The van der Waals surface area contributed by atoms with E-state index in [1.54, 1.807) is 0 Å². The lowest BCUT2D eigenvalue weighted by atomic mass is 10.0. The first-order chi connectivity index (χ1) is 7.03. The number of fused-ring (bicyclic) bond motifs is 1. The van der Waals surface area contributed by atoms with Gasteiger partial charge in [-0.15, -0.1) is 0 Å². The number of hydrogen-bond donors (Lipinski definition) is 1. The molecular weight excluding hydrogens is 194 g/mol. The van der Waals surface area contributed by atoms with Crippen molar-refractivity contribution in [3.05, 3.63) is 0 Å². The van der Waals surface area contributed by atoms with Crippen LogP contribution in [0.15, 0.2) is 0 Å². The van der Waals surface area contributed by atoms with Gasteiger partial charge in [-0.2, -0.15) is 0 Å². The highest BCUT2D eigenvalue weighted by Crippen LogP contribution is 2.41. The van der Waals surface area contributed by atoms with Crippen molar-refractivity contribution < 1.29 is 14.3 Å². The molecule has 2 fully saturated rings. The smallest absolute Gasteiger partial charge is 0.225 e. The molecule has 3 atom stereocenters. The van der Waals surface area contributed by atoms with Gasteiger partial charge in [-0.3, -0.25) is 4.79 Å². The molecule has 0 aromatic rings. The molecule has 0 spiro atoms. The van der Waals surface area contributed by atoms with Gasteiger partial charge in [-0.05, 0) is 33.6 Å². The summed E-state index contributed by atoms with van der Waals surface area (Å²) in [6.07, 6.45) is 1.85. The van der Waals surface area contributed by atoms with Gasteiger partial charge in [0.2, 0.25) is 5.91 Å². The summed E-state index contributed by atoms with van der Waals surface area (Å²) in [5.41, 5.74) is 0. The van der Waals surface area contributed by atoms with Crippen molar-refractivity contribution in [3.63, 3.8) is 0 Å². The molecule has 1 aliphatic heterocycles. The van der Waals surface area contributed by atoms with Crippen LogP contribution in [0.3, 0.4) is 0 Å². The summed E-state index contributed by atoms with van der Waals surface area (Å²) >= 11 is 0. The minimum Gasteiger partial charge on any atom is -0.356 e. The highest BCUT2D eigenvalue weighted by molar-refractivity contribution is 5.79. The van der Waals surface area contributed by atoms with Gasteiger partial charge in [0.1, 0.15) is 0 Å². The number of ether oxygens (including phenoxy) is 2. The molecule has 2 rings (SSSR count). The molecule has 1 saturated heterocycles. The zero-order valence-corrected chi connectivity index (χ0v) is 9.58. The van der Waals surface area contributed by atoms with Crippen LogP contribution in [-0.4, -0.2) is 30.4 Å². The van der Waals surface area contributed by atoms with E-state index in [-0.39, 0.29) is 24.0 Å². The Balaban J connectivity index is 2.02. The Labute approximate surface area is 90.3 Å². The molecule has 2 aliphatic rings. The molecule has 4 heteroatoms. The Kier molecular flexibility index (Phi) is 2.73. The van der Waals surface area contributed by atoms with E-state index in [0.29, 0.717) is 6.54 Å². The van der Waals surface area contributed by atoms with Crippen LogP contribution in [0.1, 0.15) is 33.6 Å². The molecule has 0 aromatic carbocycles. The molecule has 1 amide bonds. The average molecular weight is 213 g/mol. The van der Waals surface area contributed by atoms with Crippen molar-refractivity contribution in [1.29, 1.82) is 0 Å². The first-order valence-electron chi connectivity index (χ1n) is 5.67. The molecule has 0 radical (unpaired) electrons. The fourth-order valence-corrected chi connectivity index (χ4v) is 2.52. The van der Waals surface area contributed by atoms with Gasteiger partial charge in [0, 0.05) is 6.54 Å². The maximum atomic E-state index is 11.8. The topological polar surface area (TPSA) is 47.6 Å². The van der Waals surface area contributed by atoms with Crippen molar-refractivity contribution >= 4 is 5.91 Å². The third kappa shape index (κ3) is 2.01. The van der Waals surface area contributed by atoms with E-state index in [1.807, 2.05) is 20.8 Å². The van der Waals surface area contributed by atoms with Crippen molar-refractivity contribution in [1.82, 2.24) is 5.32 Å². The van der Waals surface area contributed by atoms with E-state index in [9.17, 15) is 4.79 Å². The normalized spacial score (nSPS) is 37.7. The Morgan fingerprint density at radius 3 is 2.80 bits per heavy atom. The summed E-state index contributed by atoms with van der Waals surface area (Å²) in [6, 6.07) is 0. The Hall–Kier alpha value is -0.610. The van der Waals surface area contributed by atoms with Crippen LogP contribution in [0.25, 0.3) is 0 Å². The Bertz CT molecular complexity index is 265. The maximum absolute atomic E-state index is 11.8. The third-order valence-electron chi connectivity index (χ3n) is 3.07. The highest BCUT2D eigenvalue weighted by atomic mass is 16.8. The van der Waals surface area contributed by atoms with Crippen molar-refractivity contribution in [2.45, 2.75) is 51.6 Å². The lowest BCUT2D eigenvalue weighted by molar-refractivity contribution is -0.159. The molecule has 1 N–H and O–H groups in total. The molecule has 3 unspecified atom stereocenters. The molecule has 1 aliphatic carbocycles. The van der Waals surface area contributed by atoms with Gasteiger partial charge in [-0.1, -0.05) is 0 Å². The number of carbonyl (C=O) groups is 1. The molecule has 15 heavy (non-hydrogen) atoms. The van der Waals surface area contributed by atoms with E-state index >= 15 is 0 Å². The summed E-state index contributed by atoms with van der Waals surface area (Å²) < 4.78 is 11.5. The second-order valence-electron chi connectivity index (χ2n) is 4.72. The summed E-state index contributed by atoms with van der Waals surface area (Å²) in [5.74, 6) is -0.455. The average Bonchev–Trinajstić information content (AvgIpc) is 2.59. The maximum Gasteiger partial charge on any atom is 0.225 e. The van der Waals surface area contributed by atoms with E-state index < -0.39 is 5.79 Å². The van der Waals surface area contributed by atoms with Gasteiger partial charge in [0.25, 0.3) is 0 Å². The largest absolute Gasteiger partial charge is 0.356 e. The molecule has 4 nitrogen and oxygen atoms in total. The quantitative estimate of drug-likeness (QED) is 0.746. The van der Waals surface area contributed by atoms with Crippen LogP contribution < -0.4 is 5.32 Å². The molecule has 0 bridgehead atoms. The lowest BCUT2D eigenvalue weighted by Gasteiger charge is -2.21. The molecule has 0 aromatic heterocycles. The van der Waals surface area contributed by atoms with Gasteiger partial charge in [0.15, 0.2) is 5.79 Å². The zero-order chi connectivity index (χ0) is 11.1. The third-order valence-corrected chi connectivity index (χ3v) is 3.07. The summed E-state index contributed by atoms with van der Waals surface area (Å²) in [5, 5.41) is 2.85. The van der Waals surface area contributed by atoms with E-state index in [0.717, 1.165) is 12.8 Å². The standard InChI is InChI=1S/C11H19NO3/c1-4-12-10(13)7-5-6-8-9(7)15-11(2,3)14-8/h7-9H,4-6H2,1-3H3,(H,12,13). The van der Waals surface area contributed by atoms with Gasteiger partial charge < -0.3 is 14.8 Å². The minimum atomic E-state index is -0.527. The molecule has 1 heterocycles. The zero-order valence-electron chi connectivity index (χ0n) is 9.58. The number of rotatable bonds is 2. The minimum absolute atomic E-state index is 0.0308. The first kappa shape index (κ1) is 10.9. The van der Waals surface area contributed by atoms with Crippen LogP contribution in [-0.2, 0) is 14.3 Å². The second-order valence-corrected chi connectivity index (χ2v) is 4.72. The fraction of sp³-hybridized carbons (Fsp3) is 0.909. The van der Waals surface area contributed by atoms with Crippen LogP contribution in [0, 0.1) is 5.92 Å². The molecule has 86 valence electrons. The van der Waals surface area contributed by atoms with Crippen molar-refractivity contribution in [2.75, 3.05) is 6.54 Å². The van der Waals surface area contributed by atoms with Crippen LogP contribution in [0.5, 0.6) is 0 Å². The van der Waals surface area contributed by atoms with Crippen LogP contribution in [0.2, 0.25) is 0 Å². The Morgan fingerprint density at radius 1 is 1.40 bits per heavy atom. The highest BCUT2D eigenvalue weighted by Gasteiger charge is 2.51. The van der Waals surface area contributed by atoms with Gasteiger partial charge in [0.05, 0.1) is 18.1 Å². The van der Waals surface area contributed by atoms with Crippen molar-refractivity contribution in [3.8, 4) is 0 Å². The van der Waals surface area contributed by atoms with E-state index in [1.165, 1.54) is 0 Å². The van der Waals surface area contributed by atoms with E-state index in [2.05, 4.69) is 5.32 Å². The van der Waals surface area contributed by atoms with E-state index in [4.69, 9.17) is 9.47 Å². The fourth-order valence-electron chi connectivity index (χ4n) is 2.52. The van der Waals surface area contributed by atoms with Crippen LogP contribution >= 0.6 is 0 Å². The summed E-state index contributed by atoms with van der Waals surface area (Å²) in [4.78, 5) is 11.8. The first-order valence-corrected chi connectivity index (χ1v) is 5.67.